The number of nitrogens with two attached hydrogens (primary N) is 1. The van der Waals surface area contributed by atoms with Crippen molar-refractivity contribution in [1.29, 1.82) is 0 Å². The molecule has 0 atom stereocenters. The smallest absolute Gasteiger partial charge is 0.144 e. The Hall–Kier alpha value is -1.15. The van der Waals surface area contributed by atoms with E-state index in [1.807, 2.05) is 0 Å². The lowest BCUT2D eigenvalue weighted by Crippen LogP contribution is -2.37. The Morgan fingerprint density at radius 3 is 2.44 bits per heavy atom. The zero-order valence-electron chi connectivity index (χ0n) is 11.5. The minimum atomic E-state index is -0.223. The van der Waals surface area contributed by atoms with Crippen LogP contribution in [0.25, 0.3) is 0 Å². The first-order valence-corrected chi connectivity index (χ1v) is 6.87. The summed E-state index contributed by atoms with van der Waals surface area (Å²) in [5, 5.41) is 0. The van der Waals surface area contributed by atoms with Gasteiger partial charge in [0.2, 0.25) is 0 Å². The molecule has 0 unspecified atom stereocenters. The minimum absolute atomic E-state index is 0.223. The van der Waals surface area contributed by atoms with Gasteiger partial charge < -0.3 is 5.73 Å². The molecule has 0 saturated heterocycles. The van der Waals surface area contributed by atoms with Gasteiger partial charge >= 0.3 is 0 Å². The van der Waals surface area contributed by atoms with Crippen molar-refractivity contribution in [2.75, 3.05) is 6.54 Å². The summed E-state index contributed by atoms with van der Waals surface area (Å²) in [6, 6.07) is 6.30. The quantitative estimate of drug-likeness (QED) is 0.886. The second-order valence-corrected chi connectivity index (χ2v) is 5.71. The van der Waals surface area contributed by atoms with Crippen LogP contribution in [0.1, 0.15) is 42.4 Å². The number of carbonyl (C=O) groups excluding carboxylic acids is 1. The highest BCUT2D eigenvalue weighted by Crippen LogP contribution is 2.38. The van der Waals surface area contributed by atoms with Crippen molar-refractivity contribution in [2.24, 2.45) is 11.1 Å². The predicted octanol–water partition coefficient (Wildman–Crippen LogP) is 2.93. The number of rotatable bonds is 4. The van der Waals surface area contributed by atoms with Gasteiger partial charge in [0.1, 0.15) is 5.78 Å². The van der Waals surface area contributed by atoms with Crippen molar-refractivity contribution in [3.05, 3.63) is 34.9 Å². The van der Waals surface area contributed by atoms with Crippen LogP contribution in [-0.4, -0.2) is 12.3 Å². The molecule has 18 heavy (non-hydrogen) atoms. The molecule has 1 aromatic rings. The summed E-state index contributed by atoms with van der Waals surface area (Å²) in [6.45, 7) is 4.70. The van der Waals surface area contributed by atoms with Crippen LogP contribution in [0.5, 0.6) is 0 Å². The molecule has 0 aromatic heterocycles. The molecule has 2 N–H and O–H groups in total. The van der Waals surface area contributed by atoms with Crippen LogP contribution in [-0.2, 0) is 11.2 Å². The average Bonchev–Trinajstić information content (AvgIpc) is 2.84. The van der Waals surface area contributed by atoms with Gasteiger partial charge in [-0.1, -0.05) is 31.0 Å². The maximum Gasteiger partial charge on any atom is 0.144 e. The third-order valence-electron chi connectivity index (χ3n) is 4.48. The van der Waals surface area contributed by atoms with E-state index >= 15 is 0 Å². The van der Waals surface area contributed by atoms with Crippen molar-refractivity contribution in [2.45, 2.75) is 46.0 Å². The maximum atomic E-state index is 12.5. The molecule has 0 aliphatic heterocycles. The molecule has 1 saturated carbocycles. The van der Waals surface area contributed by atoms with E-state index in [-0.39, 0.29) is 5.41 Å². The lowest BCUT2D eigenvalue weighted by molar-refractivity contribution is -0.127. The average molecular weight is 245 g/mol. The van der Waals surface area contributed by atoms with Gasteiger partial charge in [-0.05, 0) is 43.4 Å². The number of aryl methyl sites for hydroxylation is 2. The highest BCUT2D eigenvalue weighted by molar-refractivity contribution is 5.87. The molecular formula is C16H23NO. The fraction of sp³-hybridized carbons (Fsp3) is 0.562. The van der Waals surface area contributed by atoms with Gasteiger partial charge in [0.15, 0.2) is 0 Å². The van der Waals surface area contributed by atoms with E-state index in [0.717, 1.165) is 31.2 Å². The highest BCUT2D eigenvalue weighted by Gasteiger charge is 2.38. The molecule has 0 bridgehead atoms. The van der Waals surface area contributed by atoms with Crippen molar-refractivity contribution >= 4 is 5.78 Å². The van der Waals surface area contributed by atoms with Gasteiger partial charge in [-0.15, -0.1) is 0 Å². The topological polar surface area (TPSA) is 43.1 Å². The number of Topliss-reactive ketones (excluding diaryl/α,β-unsaturated/α-hetero) is 1. The van der Waals surface area contributed by atoms with Gasteiger partial charge in [-0.3, -0.25) is 4.79 Å². The predicted molar refractivity (Wildman–Crippen MR) is 74.6 cm³/mol. The molecule has 0 radical (unpaired) electrons. The number of ketones is 1. The maximum absolute atomic E-state index is 12.5. The largest absolute Gasteiger partial charge is 0.329 e. The zero-order chi connectivity index (χ0) is 13.2. The standard InChI is InChI=1S/C16H23NO/c1-12-5-6-14(9-13(12)2)10-15(18)16(11-17)7-3-4-8-16/h5-6,9H,3-4,7-8,10-11,17H2,1-2H3. The minimum Gasteiger partial charge on any atom is -0.329 e. The first-order valence-electron chi connectivity index (χ1n) is 6.87. The number of hydrogen-bond acceptors (Lipinski definition) is 2. The van der Waals surface area contributed by atoms with Gasteiger partial charge in [0.25, 0.3) is 0 Å². The van der Waals surface area contributed by atoms with Crippen LogP contribution in [0.4, 0.5) is 0 Å². The van der Waals surface area contributed by atoms with Gasteiger partial charge in [-0.25, -0.2) is 0 Å². The van der Waals surface area contributed by atoms with Crippen LogP contribution in [0, 0.1) is 19.3 Å². The van der Waals surface area contributed by atoms with Crippen LogP contribution in [0.15, 0.2) is 18.2 Å². The molecule has 0 heterocycles. The van der Waals surface area contributed by atoms with Gasteiger partial charge in [-0.2, -0.15) is 0 Å². The molecule has 0 amide bonds. The summed E-state index contributed by atoms with van der Waals surface area (Å²) in [5.41, 5.74) is 9.30. The van der Waals surface area contributed by atoms with E-state index in [4.69, 9.17) is 5.73 Å². The van der Waals surface area contributed by atoms with Crippen molar-refractivity contribution in [3.8, 4) is 0 Å². The fourth-order valence-electron chi connectivity index (χ4n) is 2.93. The lowest BCUT2D eigenvalue weighted by Gasteiger charge is -2.25. The molecule has 1 fully saturated rings. The van der Waals surface area contributed by atoms with Crippen molar-refractivity contribution < 1.29 is 4.79 Å². The molecular weight excluding hydrogens is 222 g/mol. The molecule has 1 aliphatic carbocycles. The van der Waals surface area contributed by atoms with Crippen LogP contribution < -0.4 is 5.73 Å². The Morgan fingerprint density at radius 1 is 1.22 bits per heavy atom. The zero-order valence-corrected chi connectivity index (χ0v) is 11.5. The van der Waals surface area contributed by atoms with Crippen LogP contribution in [0.2, 0.25) is 0 Å². The first-order chi connectivity index (χ1) is 8.57. The molecule has 2 rings (SSSR count). The Labute approximate surface area is 110 Å². The third-order valence-corrected chi connectivity index (χ3v) is 4.48. The second-order valence-electron chi connectivity index (χ2n) is 5.71. The van der Waals surface area contributed by atoms with Crippen molar-refractivity contribution in [1.82, 2.24) is 0 Å². The number of hydrogen-bond donors (Lipinski definition) is 1. The van der Waals surface area contributed by atoms with Gasteiger partial charge in [0, 0.05) is 18.4 Å². The Morgan fingerprint density at radius 2 is 1.89 bits per heavy atom. The summed E-state index contributed by atoms with van der Waals surface area (Å²) in [5.74, 6) is 0.339. The summed E-state index contributed by atoms with van der Waals surface area (Å²) in [7, 11) is 0. The summed E-state index contributed by atoms with van der Waals surface area (Å²) in [6.07, 6.45) is 4.80. The lowest BCUT2D eigenvalue weighted by atomic mass is 9.79. The normalized spacial score (nSPS) is 17.9. The van der Waals surface area contributed by atoms with E-state index in [1.54, 1.807) is 0 Å². The Bertz CT molecular complexity index is 444. The number of benzene rings is 1. The molecule has 98 valence electrons. The third kappa shape index (κ3) is 2.49. The molecule has 2 nitrogen and oxygen atoms in total. The molecule has 0 spiro atoms. The van der Waals surface area contributed by atoms with Crippen LogP contribution >= 0.6 is 0 Å². The molecule has 2 heteroatoms. The SMILES string of the molecule is Cc1ccc(CC(=O)C2(CN)CCCC2)cc1C. The summed E-state index contributed by atoms with van der Waals surface area (Å²) < 4.78 is 0. The monoisotopic (exact) mass is 245 g/mol. The number of carbonyl (C=O) groups is 1. The van der Waals surface area contributed by atoms with E-state index < -0.39 is 0 Å². The van der Waals surface area contributed by atoms with E-state index in [9.17, 15) is 4.79 Å². The van der Waals surface area contributed by atoms with Gasteiger partial charge in [0.05, 0.1) is 0 Å². The van der Waals surface area contributed by atoms with Crippen molar-refractivity contribution in [3.63, 3.8) is 0 Å². The van der Waals surface area contributed by atoms with E-state index in [2.05, 4.69) is 32.0 Å². The summed E-state index contributed by atoms with van der Waals surface area (Å²) >= 11 is 0. The molecule has 1 aromatic carbocycles. The van der Waals surface area contributed by atoms with E-state index in [0.29, 0.717) is 18.7 Å². The van der Waals surface area contributed by atoms with E-state index in [1.165, 1.54) is 11.1 Å². The summed E-state index contributed by atoms with van der Waals surface area (Å²) in [4.78, 5) is 12.5. The highest BCUT2D eigenvalue weighted by atomic mass is 16.1. The van der Waals surface area contributed by atoms with Crippen LogP contribution in [0.3, 0.4) is 0 Å². The Balaban J connectivity index is 2.13. The first kappa shape index (κ1) is 13.3. The fourth-order valence-corrected chi connectivity index (χ4v) is 2.93. The molecule has 1 aliphatic rings. The second kappa shape index (κ2) is 5.23. The Kier molecular flexibility index (Phi) is 3.86.